The predicted molar refractivity (Wildman–Crippen MR) is 247 cm³/mol. The van der Waals surface area contributed by atoms with Crippen LogP contribution in [0, 0.1) is 24.6 Å². The highest BCUT2D eigenvalue weighted by Gasteiger charge is 2.65. The number of aromatic nitrogens is 2. The van der Waals surface area contributed by atoms with Gasteiger partial charge in [0.25, 0.3) is 0 Å². The highest BCUT2D eigenvalue weighted by atomic mass is 32.1. The SMILES string of the molecule is COc1ccc2c(O[C@@H]3C[C@H]4C(=O)C[C@]5(P(=O)(O)Cc6c(C)cccc6F)C[C@@H]5/C=C\CCCCC[C@H](CC(=O)OC5CCCC5)C(=O)N4C3)cc(-c3csc(NC(C)C)n3)nc2c1. The van der Waals surface area contributed by atoms with Gasteiger partial charge in [0.15, 0.2) is 10.9 Å². The molecule has 12 nitrogen and oxygen atoms in total. The molecule has 3 fully saturated rings. The van der Waals surface area contributed by atoms with E-state index >= 15 is 9.18 Å². The van der Waals surface area contributed by atoms with Crippen LogP contribution in [0.3, 0.4) is 0 Å². The first-order valence-electron chi connectivity index (χ1n) is 22.9. The summed E-state index contributed by atoms with van der Waals surface area (Å²) in [6, 6.07) is 11.1. The lowest BCUT2D eigenvalue weighted by Gasteiger charge is -2.30. The van der Waals surface area contributed by atoms with E-state index < -0.39 is 48.5 Å². The monoisotopic (exact) mass is 914 g/mol. The molecule has 15 heteroatoms. The van der Waals surface area contributed by atoms with Crippen molar-refractivity contribution in [2.75, 3.05) is 19.0 Å². The molecule has 2 aromatic heterocycles. The summed E-state index contributed by atoms with van der Waals surface area (Å²) < 4.78 is 48.2. The van der Waals surface area contributed by atoms with Gasteiger partial charge in [0, 0.05) is 53.3 Å². The normalized spacial score (nSPS) is 25.8. The number of ketones is 1. The number of rotatable bonds is 12. The van der Waals surface area contributed by atoms with Crippen molar-refractivity contribution in [2.45, 2.75) is 140 Å². The number of nitrogens with zero attached hydrogens (tertiary/aromatic N) is 3. The molecule has 1 amide bonds. The molecule has 1 unspecified atom stereocenters. The number of thiazole rings is 1. The van der Waals surface area contributed by atoms with Crippen LogP contribution in [-0.2, 0) is 29.8 Å². The van der Waals surface area contributed by atoms with Gasteiger partial charge >= 0.3 is 5.97 Å². The highest BCUT2D eigenvalue weighted by Crippen LogP contribution is 2.74. The number of allylic oxidation sites excluding steroid dienone is 2. The molecule has 4 heterocycles. The number of hydrogen-bond acceptors (Lipinski definition) is 11. The highest BCUT2D eigenvalue weighted by molar-refractivity contribution is 7.59. The van der Waals surface area contributed by atoms with Crippen molar-refractivity contribution >= 4 is 52.4 Å². The number of pyridine rings is 1. The standard InChI is InChI=1S/C49H60FN4O8PS/c1-30(2)51-48-53-42(29-64-48)41-24-45(37-20-19-35(60-4)22-40(37)52-41)61-36-23-43-44(55)26-49(63(58,59)28-38-31(3)13-12-18-39(38)50)25-33(49)15-9-7-5-6-8-14-32(47(57)54(43)27-36)21-46(56)62-34-16-10-11-17-34/h9,12-13,15,18-20,22,24,29-30,32-34,36,43H,5-8,10-11,14,16-17,21,23,25-28H2,1-4H3,(H,51,53)(H,58,59)/b15-9-/t32-,33+,36-,43+,49-/m1/s1. The molecular weight excluding hydrogens is 855 g/mol. The number of halogens is 1. The van der Waals surface area contributed by atoms with E-state index in [1.54, 1.807) is 31.1 Å². The summed E-state index contributed by atoms with van der Waals surface area (Å²) in [7, 11) is -2.64. The van der Waals surface area contributed by atoms with E-state index in [4.69, 9.17) is 24.2 Å². The number of anilines is 1. The molecule has 2 aliphatic carbocycles. The number of methoxy groups -OCH3 is 1. The zero-order chi connectivity index (χ0) is 45.2. The number of aryl methyl sites for hydroxylation is 1. The second-order valence-corrected chi connectivity index (χ2v) is 22.0. The zero-order valence-electron chi connectivity index (χ0n) is 37.2. The van der Waals surface area contributed by atoms with Crippen LogP contribution < -0.4 is 14.8 Å². The Labute approximate surface area is 378 Å². The first-order chi connectivity index (χ1) is 30.7. The topological polar surface area (TPSA) is 157 Å². The molecular formula is C49H60FN4O8PS. The summed E-state index contributed by atoms with van der Waals surface area (Å²) >= 11 is 1.47. The number of nitrogens with one attached hydrogen (secondary N) is 1. The van der Waals surface area contributed by atoms with Crippen molar-refractivity contribution < 1.29 is 42.4 Å². The molecule has 2 saturated carbocycles. The lowest BCUT2D eigenvalue weighted by atomic mass is 9.94. The number of carbonyl (C=O) groups is 3. The Morgan fingerprint density at radius 1 is 1.05 bits per heavy atom. The third-order valence-electron chi connectivity index (χ3n) is 13.5. The molecule has 2 aromatic carbocycles. The van der Waals surface area contributed by atoms with Gasteiger partial charge in [-0.3, -0.25) is 18.9 Å². The number of fused-ring (bicyclic) bond motifs is 3. The van der Waals surface area contributed by atoms with Gasteiger partial charge in [-0.25, -0.2) is 14.4 Å². The van der Waals surface area contributed by atoms with Crippen LogP contribution >= 0.6 is 18.7 Å². The molecule has 8 rings (SSSR count). The fraction of sp³-hybridized carbons (Fsp3) is 0.531. The maximum atomic E-state index is 15.2. The van der Waals surface area contributed by atoms with Crippen molar-refractivity contribution in [3.8, 4) is 22.9 Å². The first-order valence-corrected chi connectivity index (χ1v) is 25.6. The maximum Gasteiger partial charge on any atom is 0.306 e. The summed E-state index contributed by atoms with van der Waals surface area (Å²) in [5.41, 5.74) is 2.57. The molecule has 6 atom stereocenters. The average Bonchev–Trinajstić information content (AvgIpc) is 3.67. The molecule has 4 aliphatic rings. The summed E-state index contributed by atoms with van der Waals surface area (Å²) in [4.78, 5) is 66.8. The van der Waals surface area contributed by atoms with E-state index in [-0.39, 0.29) is 61.1 Å². The van der Waals surface area contributed by atoms with Crippen LogP contribution in [0.25, 0.3) is 22.3 Å². The molecule has 0 spiro atoms. The van der Waals surface area contributed by atoms with Gasteiger partial charge in [-0.05, 0) is 102 Å². The van der Waals surface area contributed by atoms with Gasteiger partial charge in [0.05, 0.1) is 48.6 Å². The number of carbonyl (C=O) groups excluding carboxylic acids is 3. The van der Waals surface area contributed by atoms with Gasteiger partial charge in [-0.2, -0.15) is 0 Å². The Hall–Kier alpha value is -4.65. The summed E-state index contributed by atoms with van der Waals surface area (Å²) in [6.07, 6.45) is 9.98. The first kappa shape index (κ1) is 45.9. The van der Waals surface area contributed by atoms with Crippen molar-refractivity contribution in [1.29, 1.82) is 0 Å². The van der Waals surface area contributed by atoms with Crippen molar-refractivity contribution in [1.82, 2.24) is 14.9 Å². The van der Waals surface area contributed by atoms with Crippen molar-refractivity contribution in [3.05, 3.63) is 76.9 Å². The third kappa shape index (κ3) is 10.1. The Balaban J connectivity index is 1.14. The molecule has 0 radical (unpaired) electrons. The maximum absolute atomic E-state index is 15.2. The number of esters is 1. The van der Waals surface area contributed by atoms with Gasteiger partial charge in [0.2, 0.25) is 13.3 Å². The van der Waals surface area contributed by atoms with E-state index in [1.165, 1.54) is 17.4 Å². The summed E-state index contributed by atoms with van der Waals surface area (Å²) in [5.74, 6) is -1.63. The van der Waals surface area contributed by atoms with Gasteiger partial charge in [-0.15, -0.1) is 11.3 Å². The third-order valence-corrected chi connectivity index (χ3v) is 17.1. The van der Waals surface area contributed by atoms with E-state index in [2.05, 4.69) is 5.32 Å². The van der Waals surface area contributed by atoms with E-state index in [9.17, 15) is 19.0 Å². The molecule has 342 valence electrons. The van der Waals surface area contributed by atoms with Crippen LogP contribution in [-0.4, -0.2) is 80.5 Å². The van der Waals surface area contributed by atoms with Gasteiger partial charge in [0.1, 0.15) is 35.2 Å². The number of hydrogen-bond donors (Lipinski definition) is 2. The molecule has 0 bridgehead atoms. The lowest BCUT2D eigenvalue weighted by molar-refractivity contribution is -0.154. The fourth-order valence-electron chi connectivity index (χ4n) is 9.88. The zero-order valence-corrected chi connectivity index (χ0v) is 38.9. The fourth-order valence-corrected chi connectivity index (χ4v) is 13.4. The number of amides is 1. The van der Waals surface area contributed by atoms with Crippen LogP contribution in [0.4, 0.5) is 9.52 Å². The van der Waals surface area contributed by atoms with Gasteiger partial charge < -0.3 is 29.3 Å². The van der Waals surface area contributed by atoms with E-state index in [0.29, 0.717) is 58.6 Å². The smallest absolute Gasteiger partial charge is 0.306 e. The van der Waals surface area contributed by atoms with Crippen LogP contribution in [0.1, 0.15) is 108 Å². The summed E-state index contributed by atoms with van der Waals surface area (Å²) in [5, 5.41) is 5.40. The van der Waals surface area contributed by atoms with Crippen LogP contribution in [0.15, 0.2) is 60.0 Å². The quantitative estimate of drug-likeness (QED) is 0.0792. The second-order valence-electron chi connectivity index (χ2n) is 18.5. The average molecular weight is 915 g/mol. The molecule has 64 heavy (non-hydrogen) atoms. The minimum Gasteiger partial charge on any atom is -0.497 e. The van der Waals surface area contributed by atoms with Crippen LogP contribution in [0.5, 0.6) is 11.5 Å². The molecule has 4 aromatic rings. The van der Waals surface area contributed by atoms with Crippen molar-refractivity contribution in [3.63, 3.8) is 0 Å². The van der Waals surface area contributed by atoms with Gasteiger partial charge in [-0.1, -0.05) is 37.1 Å². The second kappa shape index (κ2) is 19.4. The number of ether oxygens (including phenoxy) is 3. The molecule has 1 saturated heterocycles. The minimum absolute atomic E-state index is 0.0550. The van der Waals surface area contributed by atoms with E-state index in [1.807, 2.05) is 55.6 Å². The van der Waals surface area contributed by atoms with Crippen molar-refractivity contribution in [2.24, 2.45) is 11.8 Å². The van der Waals surface area contributed by atoms with E-state index in [0.717, 1.165) is 50.1 Å². The molecule has 2 aliphatic heterocycles. The number of Topliss-reactive ketones (excluding diaryl/α,β-unsaturated/α-hetero) is 1. The minimum atomic E-state index is -4.23. The lowest BCUT2D eigenvalue weighted by Crippen LogP contribution is -2.45. The number of benzene rings is 2. The summed E-state index contributed by atoms with van der Waals surface area (Å²) in [6.45, 7) is 5.85. The Morgan fingerprint density at radius 3 is 2.61 bits per heavy atom. The molecule has 2 N–H and O–H groups in total. The van der Waals surface area contributed by atoms with Crippen LogP contribution in [0.2, 0.25) is 0 Å². The largest absolute Gasteiger partial charge is 0.497 e. The Bertz CT molecular complexity index is 2430. The Morgan fingerprint density at radius 2 is 1.84 bits per heavy atom. The predicted octanol–water partition coefficient (Wildman–Crippen LogP) is 10.2. The Kier molecular flexibility index (Phi) is 13.9.